The van der Waals surface area contributed by atoms with Crippen LogP contribution in [0.1, 0.15) is 54.9 Å². The summed E-state index contributed by atoms with van der Waals surface area (Å²) < 4.78 is 17.2. The van der Waals surface area contributed by atoms with Crippen molar-refractivity contribution < 1.29 is 43.1 Å². The predicted octanol–water partition coefficient (Wildman–Crippen LogP) is 1.92. The molecule has 11 nitrogen and oxygen atoms in total. The largest absolute Gasteiger partial charge is 0.468 e. The fourth-order valence-corrected chi connectivity index (χ4v) is 4.52. The van der Waals surface area contributed by atoms with Crippen LogP contribution in [-0.2, 0) is 30.5 Å². The number of aromatic nitrogens is 1. The Hall–Kier alpha value is -3.99. The Kier molecular flexibility index (Phi) is 10.8. The van der Waals surface area contributed by atoms with Crippen LogP contribution in [0, 0.1) is 0 Å². The minimum Gasteiger partial charge on any atom is -0.468 e. The molecule has 0 radical (unpaired) electrons. The molecule has 1 aliphatic heterocycles. The normalized spacial score (nSPS) is 16.6. The van der Waals surface area contributed by atoms with Gasteiger partial charge in [-0.3, -0.25) is 9.59 Å². The number of hydrogen-bond acceptors (Lipinski definition) is 8. The van der Waals surface area contributed by atoms with Crippen LogP contribution in [0.5, 0.6) is 0 Å². The Labute approximate surface area is 227 Å². The van der Waals surface area contributed by atoms with Crippen LogP contribution in [0.3, 0.4) is 0 Å². The number of piperidine rings is 1. The van der Waals surface area contributed by atoms with Crippen LogP contribution in [-0.4, -0.2) is 72.4 Å². The summed E-state index contributed by atoms with van der Waals surface area (Å²) in [6, 6.07) is 10.7. The predicted molar refractivity (Wildman–Crippen MR) is 138 cm³/mol. The molecular weight excluding hydrogens is 506 g/mol. The van der Waals surface area contributed by atoms with Crippen LogP contribution in [0.15, 0.2) is 54.9 Å². The molecule has 2 N–H and O–H groups in total. The van der Waals surface area contributed by atoms with Gasteiger partial charge >= 0.3 is 18.0 Å². The van der Waals surface area contributed by atoms with E-state index in [1.54, 1.807) is 31.0 Å². The smallest absolute Gasteiger partial charge is 0.414 e. The van der Waals surface area contributed by atoms with Gasteiger partial charge in [-0.15, -0.1) is 0 Å². The molecule has 1 saturated heterocycles. The number of rotatable bonds is 10. The second-order valence-corrected chi connectivity index (χ2v) is 9.51. The van der Waals surface area contributed by atoms with E-state index in [4.69, 9.17) is 14.2 Å². The topological polar surface area (TPSA) is 135 Å². The number of esters is 2. The summed E-state index contributed by atoms with van der Waals surface area (Å²) in [5, 5.41) is 11.9. The maximum atomic E-state index is 13.2. The van der Waals surface area contributed by atoms with Gasteiger partial charge in [0.05, 0.1) is 25.9 Å². The van der Waals surface area contributed by atoms with Gasteiger partial charge in [0.1, 0.15) is 11.5 Å². The van der Waals surface area contributed by atoms with Crippen molar-refractivity contribution in [2.45, 2.75) is 63.9 Å². The monoisotopic (exact) mass is 542 g/mol. The van der Waals surface area contributed by atoms with Crippen molar-refractivity contribution in [2.75, 3.05) is 20.3 Å². The van der Waals surface area contributed by atoms with E-state index in [1.165, 1.54) is 23.9 Å². The molecule has 0 spiro atoms. The van der Waals surface area contributed by atoms with Crippen molar-refractivity contribution in [1.82, 2.24) is 10.2 Å². The number of pyridine rings is 1. The molecule has 3 rings (SSSR count). The van der Waals surface area contributed by atoms with Gasteiger partial charge in [-0.1, -0.05) is 30.3 Å². The summed E-state index contributed by atoms with van der Waals surface area (Å²) in [6.45, 7) is 2.97. The van der Waals surface area contributed by atoms with Crippen LogP contribution >= 0.6 is 0 Å². The highest BCUT2D eigenvalue weighted by atomic mass is 16.6. The van der Waals surface area contributed by atoms with E-state index in [0.29, 0.717) is 13.0 Å². The van der Waals surface area contributed by atoms with Crippen LogP contribution in [0.4, 0.5) is 4.79 Å². The number of benzene rings is 1. The Morgan fingerprint density at radius 1 is 1.08 bits per heavy atom. The summed E-state index contributed by atoms with van der Waals surface area (Å²) in [5.41, 5.74) is 0.954. The van der Waals surface area contributed by atoms with Gasteiger partial charge in [0.15, 0.2) is 18.4 Å². The lowest BCUT2D eigenvalue weighted by molar-refractivity contribution is -0.727. The first kappa shape index (κ1) is 29.6. The third kappa shape index (κ3) is 8.00. The number of likely N-dealkylation sites (tertiary alicyclic amines) is 1. The average molecular weight is 543 g/mol. The number of hydrogen-bond donors (Lipinski definition) is 2. The molecule has 2 aromatic rings. The number of aliphatic hydroxyl groups is 1. The van der Waals surface area contributed by atoms with E-state index in [1.807, 2.05) is 30.3 Å². The second-order valence-electron chi connectivity index (χ2n) is 9.51. The molecule has 0 aliphatic carbocycles. The summed E-state index contributed by atoms with van der Waals surface area (Å²) in [5.74, 6) is -2.41. The highest BCUT2D eigenvalue weighted by Gasteiger charge is 2.39. The molecular formula is C28H36N3O8+. The number of nitrogens with zero attached hydrogens (tertiary/aromatic N) is 2. The number of nitrogens with one attached hydrogen (secondary N) is 1. The van der Waals surface area contributed by atoms with Gasteiger partial charge in [-0.25, -0.2) is 9.59 Å². The first-order valence-corrected chi connectivity index (χ1v) is 12.9. The highest BCUT2D eigenvalue weighted by molar-refractivity contribution is 5.96. The van der Waals surface area contributed by atoms with Crippen molar-refractivity contribution >= 4 is 23.9 Å². The van der Waals surface area contributed by atoms with Crippen molar-refractivity contribution in [1.29, 1.82) is 0 Å². The summed E-state index contributed by atoms with van der Waals surface area (Å²) >= 11 is 0. The molecule has 2 amide bonds. The molecule has 2 heterocycles. The van der Waals surface area contributed by atoms with Crippen LogP contribution < -0.4 is 9.88 Å². The zero-order chi connectivity index (χ0) is 28.4. The minimum absolute atomic E-state index is 0.184. The quantitative estimate of drug-likeness (QED) is 0.264. The SMILES string of the molecule is COC(=O)[C@H](c1ccccc1)[C@H]1CCCCN1C(=O)OC[n+]1cccc(C(=O)N[C@@H](CO)C(=O)OC(C)C)c1. The van der Waals surface area contributed by atoms with Gasteiger partial charge in [0, 0.05) is 12.6 Å². The molecule has 3 atom stereocenters. The summed E-state index contributed by atoms with van der Waals surface area (Å²) in [7, 11) is 1.33. The summed E-state index contributed by atoms with van der Waals surface area (Å²) in [4.78, 5) is 52.3. The highest BCUT2D eigenvalue weighted by Crippen LogP contribution is 2.32. The zero-order valence-electron chi connectivity index (χ0n) is 22.4. The molecule has 1 aromatic carbocycles. The Balaban J connectivity index is 1.68. The van der Waals surface area contributed by atoms with Crippen LogP contribution in [0.25, 0.3) is 0 Å². The van der Waals surface area contributed by atoms with E-state index in [0.717, 1.165) is 18.4 Å². The maximum absolute atomic E-state index is 13.2. The third-order valence-corrected chi connectivity index (χ3v) is 6.36. The average Bonchev–Trinajstić information content (AvgIpc) is 2.95. The second kappa shape index (κ2) is 14.2. The van der Waals surface area contributed by atoms with Crippen LogP contribution in [0.2, 0.25) is 0 Å². The summed E-state index contributed by atoms with van der Waals surface area (Å²) in [6.07, 6.45) is 4.37. The van der Waals surface area contributed by atoms with Gasteiger partial charge in [0.2, 0.25) is 0 Å². The van der Waals surface area contributed by atoms with Crippen molar-refractivity contribution in [3.05, 3.63) is 66.0 Å². The van der Waals surface area contributed by atoms with E-state index < -0.39 is 54.7 Å². The first-order valence-electron chi connectivity index (χ1n) is 12.9. The molecule has 1 fully saturated rings. The minimum atomic E-state index is -1.21. The number of carbonyl (C=O) groups is 4. The molecule has 210 valence electrons. The molecule has 0 saturated carbocycles. The fraction of sp³-hybridized carbons (Fsp3) is 0.464. The Morgan fingerprint density at radius 2 is 1.82 bits per heavy atom. The fourth-order valence-electron chi connectivity index (χ4n) is 4.52. The Bertz CT molecular complexity index is 1140. The Morgan fingerprint density at radius 3 is 2.49 bits per heavy atom. The first-order chi connectivity index (χ1) is 18.7. The van der Waals surface area contributed by atoms with Gasteiger partial charge in [0.25, 0.3) is 12.6 Å². The number of aliphatic hydroxyl groups excluding tert-OH is 1. The standard InChI is InChI=1S/C28H35N3O8/c1-19(2)39-26(34)22(17-32)29-25(33)21-12-9-14-30(16-21)18-38-28(36)31-15-8-7-13-23(31)24(27(35)37-3)20-10-5-4-6-11-20/h4-6,9-12,14,16,19,22-24,32H,7-8,13,15,17-18H2,1-3H3/p+1/t22-,23+,24+/m0/s1. The van der Waals surface area contributed by atoms with E-state index >= 15 is 0 Å². The van der Waals surface area contributed by atoms with Crippen molar-refractivity contribution in [3.8, 4) is 0 Å². The van der Waals surface area contributed by atoms with Crippen molar-refractivity contribution in [2.24, 2.45) is 0 Å². The molecule has 0 bridgehead atoms. The number of methoxy groups -OCH3 is 1. The molecule has 39 heavy (non-hydrogen) atoms. The van der Waals surface area contributed by atoms with Crippen molar-refractivity contribution in [3.63, 3.8) is 0 Å². The number of amides is 2. The lowest BCUT2D eigenvalue weighted by Crippen LogP contribution is -2.50. The molecule has 11 heteroatoms. The molecule has 1 aromatic heterocycles. The number of ether oxygens (including phenoxy) is 3. The van der Waals surface area contributed by atoms with E-state index in [2.05, 4.69) is 5.32 Å². The lowest BCUT2D eigenvalue weighted by Gasteiger charge is -2.38. The van der Waals surface area contributed by atoms with Gasteiger partial charge < -0.3 is 29.5 Å². The zero-order valence-corrected chi connectivity index (χ0v) is 22.4. The molecule has 0 unspecified atom stereocenters. The van der Waals surface area contributed by atoms with Gasteiger partial charge in [-0.2, -0.15) is 4.57 Å². The molecule has 1 aliphatic rings. The third-order valence-electron chi connectivity index (χ3n) is 6.36. The van der Waals surface area contributed by atoms with Gasteiger partial charge in [-0.05, 0) is 44.7 Å². The lowest BCUT2D eigenvalue weighted by atomic mass is 9.85. The number of carbonyl (C=O) groups excluding carboxylic acids is 4. The van der Waals surface area contributed by atoms with E-state index in [-0.39, 0.29) is 12.3 Å². The maximum Gasteiger partial charge on any atom is 0.414 e. The van der Waals surface area contributed by atoms with E-state index in [9.17, 15) is 24.3 Å².